The van der Waals surface area contributed by atoms with Gasteiger partial charge >= 0.3 is 6.18 Å². The monoisotopic (exact) mass is 260 g/mol. The molecule has 0 bridgehead atoms. The molecule has 0 unspecified atom stereocenters. The number of hydrogen-bond acceptors (Lipinski definition) is 2. The Morgan fingerprint density at radius 2 is 1.94 bits per heavy atom. The van der Waals surface area contributed by atoms with Gasteiger partial charge in [0.05, 0.1) is 11.3 Å². The van der Waals surface area contributed by atoms with Crippen LogP contribution in [-0.4, -0.2) is 12.4 Å². The first-order valence-electron chi connectivity index (χ1n) is 4.80. The summed E-state index contributed by atoms with van der Waals surface area (Å²) in [6, 6.07) is 5.30. The fourth-order valence-electron chi connectivity index (χ4n) is 1.53. The molecule has 1 aromatic carbocycles. The number of nitrogens with one attached hydrogen (secondary N) is 1. The lowest BCUT2D eigenvalue weighted by atomic mass is 10.0. The van der Waals surface area contributed by atoms with Crippen molar-refractivity contribution in [3.8, 4) is 0 Å². The van der Waals surface area contributed by atoms with Gasteiger partial charge in [0.1, 0.15) is 11.8 Å². The number of hydrogen-bond donors (Lipinski definition) is 1. The Bertz CT molecular complexity index is 492. The summed E-state index contributed by atoms with van der Waals surface area (Å²) in [6.07, 6.45) is -3.01. The van der Waals surface area contributed by atoms with Crippen molar-refractivity contribution in [3.05, 3.63) is 46.6 Å². The van der Waals surface area contributed by atoms with Crippen LogP contribution in [0.5, 0.6) is 0 Å². The van der Waals surface area contributed by atoms with Gasteiger partial charge in [-0.15, -0.1) is 0 Å². The molecule has 1 N–H and O–H groups in total. The van der Waals surface area contributed by atoms with Crippen LogP contribution < -0.4 is 5.32 Å². The second-order valence-corrected chi connectivity index (χ2v) is 3.82. The van der Waals surface area contributed by atoms with Crippen LogP contribution in [0.3, 0.4) is 0 Å². The maximum Gasteiger partial charge on any atom is 0.417 e. The Kier molecular flexibility index (Phi) is 3.11. The molecule has 2 nitrogen and oxygen atoms in total. The van der Waals surface area contributed by atoms with Crippen molar-refractivity contribution in [2.24, 2.45) is 4.99 Å². The smallest absolute Gasteiger partial charge is 0.357 e. The normalized spacial score (nSPS) is 16.0. The zero-order chi connectivity index (χ0) is 12.5. The first kappa shape index (κ1) is 12.0. The highest BCUT2D eigenvalue weighted by Crippen LogP contribution is 2.32. The van der Waals surface area contributed by atoms with Crippen molar-refractivity contribution in [1.29, 1.82) is 0 Å². The highest BCUT2D eigenvalue weighted by atomic mass is 35.5. The molecule has 0 spiro atoms. The molecule has 90 valence electrons. The fourth-order valence-corrected chi connectivity index (χ4v) is 1.70. The van der Waals surface area contributed by atoms with Gasteiger partial charge in [0, 0.05) is 5.56 Å². The first-order chi connectivity index (χ1) is 7.98. The van der Waals surface area contributed by atoms with Crippen molar-refractivity contribution in [2.75, 3.05) is 6.67 Å². The Morgan fingerprint density at radius 1 is 1.24 bits per heavy atom. The van der Waals surface area contributed by atoms with E-state index < -0.39 is 11.7 Å². The Balaban J connectivity index is 2.50. The molecule has 17 heavy (non-hydrogen) atoms. The third kappa shape index (κ3) is 2.61. The van der Waals surface area contributed by atoms with E-state index in [0.29, 0.717) is 0 Å². The molecule has 1 aromatic rings. The Morgan fingerprint density at radius 3 is 2.59 bits per heavy atom. The second-order valence-electron chi connectivity index (χ2n) is 3.41. The van der Waals surface area contributed by atoms with E-state index in [0.717, 1.165) is 6.07 Å². The van der Waals surface area contributed by atoms with E-state index >= 15 is 0 Å². The number of nitrogens with zero attached hydrogens (tertiary/aromatic N) is 1. The minimum absolute atomic E-state index is 0.0413. The van der Waals surface area contributed by atoms with Crippen molar-refractivity contribution in [2.45, 2.75) is 6.18 Å². The third-order valence-electron chi connectivity index (χ3n) is 2.27. The molecule has 1 aliphatic heterocycles. The topological polar surface area (TPSA) is 24.4 Å². The van der Waals surface area contributed by atoms with E-state index in [1.54, 1.807) is 0 Å². The van der Waals surface area contributed by atoms with Crippen molar-refractivity contribution in [3.63, 3.8) is 0 Å². The van der Waals surface area contributed by atoms with E-state index in [9.17, 15) is 13.2 Å². The molecule has 0 radical (unpaired) electrons. The summed E-state index contributed by atoms with van der Waals surface area (Å²) < 4.78 is 38.3. The minimum atomic E-state index is -4.40. The van der Waals surface area contributed by atoms with Crippen LogP contribution in [-0.2, 0) is 6.18 Å². The van der Waals surface area contributed by atoms with Gasteiger partial charge < -0.3 is 5.32 Å². The van der Waals surface area contributed by atoms with E-state index in [1.807, 2.05) is 0 Å². The van der Waals surface area contributed by atoms with Crippen LogP contribution in [0.1, 0.15) is 11.1 Å². The average molecular weight is 261 g/mol. The van der Waals surface area contributed by atoms with Crippen molar-refractivity contribution >= 4 is 17.3 Å². The fraction of sp³-hybridized carbons (Fsp3) is 0.182. The van der Waals surface area contributed by atoms with Crippen molar-refractivity contribution in [1.82, 2.24) is 5.32 Å². The lowest BCUT2D eigenvalue weighted by Crippen LogP contribution is -2.20. The predicted octanol–water partition coefficient (Wildman–Crippen LogP) is 3.14. The molecular weight excluding hydrogens is 253 g/mol. The lowest BCUT2D eigenvalue weighted by Gasteiger charge is -2.15. The first-order valence-corrected chi connectivity index (χ1v) is 5.18. The molecule has 0 atom stereocenters. The highest BCUT2D eigenvalue weighted by molar-refractivity contribution is 6.32. The van der Waals surface area contributed by atoms with Crippen LogP contribution in [0.25, 0.3) is 0 Å². The number of rotatable bonds is 1. The molecular formula is C11H8ClF3N2. The average Bonchev–Trinajstić information content (AvgIpc) is 2.28. The van der Waals surface area contributed by atoms with Crippen LogP contribution in [0.4, 0.5) is 13.2 Å². The summed E-state index contributed by atoms with van der Waals surface area (Å²) in [5, 5.41) is 2.98. The van der Waals surface area contributed by atoms with Crippen LogP contribution in [0.15, 0.2) is 40.5 Å². The SMILES string of the molecule is FC(F)(F)c1ccccc1C1=NCNC(Cl)=C1. The number of allylic oxidation sites excluding steroid dienone is 1. The van der Waals surface area contributed by atoms with Crippen LogP contribution in [0.2, 0.25) is 0 Å². The zero-order valence-corrected chi connectivity index (χ0v) is 9.31. The number of aliphatic imine (C=N–C) groups is 1. The van der Waals surface area contributed by atoms with E-state index in [4.69, 9.17) is 11.6 Å². The number of halogens is 4. The van der Waals surface area contributed by atoms with Gasteiger partial charge in [-0.1, -0.05) is 29.8 Å². The van der Waals surface area contributed by atoms with Gasteiger partial charge in [0.15, 0.2) is 0 Å². The largest absolute Gasteiger partial charge is 0.417 e. The summed E-state index contributed by atoms with van der Waals surface area (Å²) in [7, 11) is 0. The Labute approximate surface area is 101 Å². The van der Waals surface area contributed by atoms with Gasteiger partial charge in [-0.3, -0.25) is 4.99 Å². The van der Waals surface area contributed by atoms with E-state index in [-0.39, 0.29) is 23.1 Å². The van der Waals surface area contributed by atoms with E-state index in [2.05, 4.69) is 10.3 Å². The maximum absolute atomic E-state index is 12.8. The van der Waals surface area contributed by atoms with Crippen LogP contribution >= 0.6 is 11.6 Å². The summed E-state index contributed by atoms with van der Waals surface area (Å²) in [6.45, 7) is 0.177. The summed E-state index contributed by atoms with van der Waals surface area (Å²) in [5.74, 6) is 0. The predicted molar refractivity (Wildman–Crippen MR) is 59.9 cm³/mol. The lowest BCUT2D eigenvalue weighted by molar-refractivity contribution is -0.137. The molecule has 0 saturated carbocycles. The summed E-state index contributed by atoms with van der Waals surface area (Å²) in [5.41, 5.74) is -0.428. The van der Waals surface area contributed by atoms with Crippen molar-refractivity contribution < 1.29 is 13.2 Å². The molecule has 1 heterocycles. The van der Waals surface area contributed by atoms with E-state index in [1.165, 1.54) is 24.3 Å². The maximum atomic E-state index is 12.8. The zero-order valence-electron chi connectivity index (χ0n) is 8.55. The third-order valence-corrected chi connectivity index (χ3v) is 2.51. The van der Waals surface area contributed by atoms with Gasteiger partial charge in [0.2, 0.25) is 0 Å². The molecule has 0 aromatic heterocycles. The molecule has 0 amide bonds. The summed E-state index contributed by atoms with van der Waals surface area (Å²) in [4.78, 5) is 3.97. The van der Waals surface area contributed by atoms with Gasteiger partial charge in [-0.2, -0.15) is 13.2 Å². The molecule has 0 aliphatic carbocycles. The highest BCUT2D eigenvalue weighted by Gasteiger charge is 2.34. The van der Waals surface area contributed by atoms with Gasteiger partial charge in [0.25, 0.3) is 0 Å². The number of alkyl halides is 3. The molecule has 1 aliphatic rings. The van der Waals surface area contributed by atoms with Crippen LogP contribution in [0, 0.1) is 0 Å². The molecule has 0 saturated heterocycles. The second kappa shape index (κ2) is 4.41. The molecule has 2 rings (SSSR count). The standard InChI is InChI=1S/C11H8ClF3N2/c12-10-5-9(16-6-17-10)7-3-1-2-4-8(7)11(13,14)15/h1-5,17H,6H2. The molecule has 6 heteroatoms. The Hall–Kier alpha value is -1.49. The minimum Gasteiger partial charge on any atom is -0.357 e. The van der Waals surface area contributed by atoms with Gasteiger partial charge in [-0.25, -0.2) is 0 Å². The quantitative estimate of drug-likeness (QED) is 0.771. The molecule has 0 fully saturated rings. The number of benzene rings is 1. The van der Waals surface area contributed by atoms with Gasteiger partial charge in [-0.05, 0) is 12.1 Å². The summed E-state index contributed by atoms with van der Waals surface area (Å²) >= 11 is 5.72.